The van der Waals surface area contributed by atoms with Crippen molar-refractivity contribution in [2.24, 2.45) is 5.41 Å². The number of ether oxygens (including phenoxy) is 1. The van der Waals surface area contributed by atoms with Gasteiger partial charge in [0.1, 0.15) is 5.82 Å². The zero-order valence-electron chi connectivity index (χ0n) is 23.5. The predicted molar refractivity (Wildman–Crippen MR) is 156 cm³/mol. The summed E-state index contributed by atoms with van der Waals surface area (Å²) in [5.41, 5.74) is 4.81. The van der Waals surface area contributed by atoms with Crippen LogP contribution in [0.15, 0.2) is 79.0 Å². The number of esters is 1. The Morgan fingerprint density at radius 3 is 2.24 bits per heavy atom. The fourth-order valence-corrected chi connectivity index (χ4v) is 4.26. The van der Waals surface area contributed by atoms with Gasteiger partial charge < -0.3 is 4.74 Å². The average molecular weight is 511 g/mol. The number of pyridine rings is 1. The van der Waals surface area contributed by atoms with Gasteiger partial charge in [0.25, 0.3) is 0 Å². The highest BCUT2D eigenvalue weighted by molar-refractivity contribution is 6.04. The van der Waals surface area contributed by atoms with Gasteiger partial charge in [-0.05, 0) is 58.7 Å². The second-order valence-electron chi connectivity index (χ2n) is 10.3. The number of nitrogens with zero attached hydrogens (tertiary/aromatic N) is 2. The second-order valence-corrected chi connectivity index (χ2v) is 10.3. The average Bonchev–Trinajstić information content (AvgIpc) is 2.91. The molecule has 0 aliphatic carbocycles. The second kappa shape index (κ2) is 12.5. The summed E-state index contributed by atoms with van der Waals surface area (Å²) in [6.45, 7) is 12.6. The molecular formula is C33H38N2O3. The van der Waals surface area contributed by atoms with Crippen LogP contribution in [0.25, 0.3) is 21.9 Å². The van der Waals surface area contributed by atoms with Crippen LogP contribution in [-0.2, 0) is 16.1 Å². The minimum Gasteiger partial charge on any atom is -0.465 e. The molecule has 4 aromatic rings. The quantitative estimate of drug-likeness (QED) is 0.247. The predicted octanol–water partition coefficient (Wildman–Crippen LogP) is 7.99. The zero-order chi connectivity index (χ0) is 27.9. The number of rotatable bonds is 6. The van der Waals surface area contributed by atoms with Gasteiger partial charge in [-0.15, -0.1) is 0 Å². The number of hydrogen-bond acceptors (Lipinski definition) is 4. The first-order valence-electron chi connectivity index (χ1n) is 13.1. The number of anilines is 1. The van der Waals surface area contributed by atoms with E-state index >= 15 is 0 Å². The van der Waals surface area contributed by atoms with E-state index in [0.717, 1.165) is 21.9 Å². The van der Waals surface area contributed by atoms with E-state index in [0.29, 0.717) is 24.3 Å². The number of aromatic nitrogens is 1. The number of methoxy groups -OCH3 is 1. The van der Waals surface area contributed by atoms with Crippen LogP contribution in [0.5, 0.6) is 0 Å². The van der Waals surface area contributed by atoms with Crippen LogP contribution in [-0.4, -0.2) is 24.0 Å². The topological polar surface area (TPSA) is 59.5 Å². The maximum Gasteiger partial charge on any atom is 0.337 e. The maximum atomic E-state index is 13.6. The van der Waals surface area contributed by atoms with Gasteiger partial charge in [0, 0.05) is 18.0 Å². The van der Waals surface area contributed by atoms with Gasteiger partial charge in [-0.25, -0.2) is 9.78 Å². The lowest BCUT2D eigenvalue weighted by molar-refractivity contribution is -0.120. The van der Waals surface area contributed by atoms with Gasteiger partial charge in [-0.3, -0.25) is 9.69 Å². The molecule has 38 heavy (non-hydrogen) atoms. The van der Waals surface area contributed by atoms with Crippen molar-refractivity contribution in [3.63, 3.8) is 0 Å². The van der Waals surface area contributed by atoms with Crippen molar-refractivity contribution in [3.8, 4) is 11.1 Å². The molecule has 0 spiro atoms. The van der Waals surface area contributed by atoms with Crippen LogP contribution in [0, 0.1) is 12.3 Å². The molecule has 0 unspecified atom stereocenters. The zero-order valence-corrected chi connectivity index (χ0v) is 23.5. The summed E-state index contributed by atoms with van der Waals surface area (Å²) in [7, 11) is 1.36. The molecule has 0 radical (unpaired) electrons. The van der Waals surface area contributed by atoms with Crippen molar-refractivity contribution in [1.82, 2.24) is 4.98 Å². The number of hydrogen-bond donors (Lipinski definition) is 0. The molecule has 1 aromatic heterocycles. The summed E-state index contributed by atoms with van der Waals surface area (Å²) in [6, 6.07) is 23.9. The van der Waals surface area contributed by atoms with E-state index in [1.165, 1.54) is 18.2 Å². The Labute approximate surface area is 226 Å². The molecule has 0 saturated carbocycles. The molecule has 0 fully saturated rings. The lowest BCUT2D eigenvalue weighted by atomic mass is 9.91. The Bertz CT molecular complexity index is 1400. The Morgan fingerprint density at radius 1 is 0.895 bits per heavy atom. The van der Waals surface area contributed by atoms with E-state index < -0.39 is 5.97 Å². The molecule has 0 aliphatic rings. The number of benzene rings is 3. The molecule has 0 aliphatic heterocycles. The van der Waals surface area contributed by atoms with Gasteiger partial charge in [0.15, 0.2) is 0 Å². The molecule has 1 heterocycles. The Balaban J connectivity index is 0.00000195. The van der Waals surface area contributed by atoms with Crippen LogP contribution in [0.4, 0.5) is 5.82 Å². The van der Waals surface area contributed by atoms with Gasteiger partial charge in [0.05, 0.1) is 19.2 Å². The first-order chi connectivity index (χ1) is 18.1. The summed E-state index contributed by atoms with van der Waals surface area (Å²) in [6.07, 6.45) is 2.06. The SMILES string of the molecule is CC.COC(=O)c1ccc2c(N(Cc3ccc(-c4cccc(C)c4)cc3)C(=O)CC(C)(C)C)nccc2c1. The highest BCUT2D eigenvalue weighted by atomic mass is 16.5. The van der Waals surface area contributed by atoms with Gasteiger partial charge in [0.2, 0.25) is 5.91 Å². The molecule has 5 nitrogen and oxygen atoms in total. The van der Waals surface area contributed by atoms with E-state index in [1.807, 2.05) is 26.0 Å². The maximum absolute atomic E-state index is 13.6. The summed E-state index contributed by atoms with van der Waals surface area (Å²) in [5, 5.41) is 1.63. The highest BCUT2D eigenvalue weighted by Crippen LogP contribution is 2.30. The Hall–Kier alpha value is -3.99. The van der Waals surface area contributed by atoms with E-state index in [-0.39, 0.29) is 11.3 Å². The van der Waals surface area contributed by atoms with Crippen LogP contribution in [0.2, 0.25) is 0 Å². The number of fused-ring (bicyclic) bond motifs is 1. The minimum absolute atomic E-state index is 0.00213. The monoisotopic (exact) mass is 510 g/mol. The molecule has 0 bridgehead atoms. The molecule has 5 heteroatoms. The van der Waals surface area contributed by atoms with E-state index in [1.54, 1.807) is 23.2 Å². The van der Waals surface area contributed by atoms with Gasteiger partial charge >= 0.3 is 5.97 Å². The smallest absolute Gasteiger partial charge is 0.337 e. The van der Waals surface area contributed by atoms with Crippen molar-refractivity contribution in [3.05, 3.63) is 95.7 Å². The minimum atomic E-state index is -0.398. The number of amides is 1. The lowest BCUT2D eigenvalue weighted by Gasteiger charge is -2.27. The van der Waals surface area contributed by atoms with Crippen molar-refractivity contribution in [2.45, 2.75) is 54.5 Å². The standard InChI is InChI=1S/C31H32N2O3.C2H6/c1-21-7-6-8-24(17-21)23-11-9-22(10-12-23)20-33(28(34)19-31(2,3)4)29-27-14-13-26(30(35)36-5)18-25(27)15-16-32-29;1-2/h6-18H,19-20H2,1-5H3;1-2H3. The molecular weight excluding hydrogens is 472 g/mol. The first-order valence-corrected chi connectivity index (χ1v) is 13.1. The molecule has 4 rings (SSSR count). The Morgan fingerprint density at radius 2 is 1.61 bits per heavy atom. The lowest BCUT2D eigenvalue weighted by Crippen LogP contribution is -2.34. The third-order valence-corrected chi connectivity index (χ3v) is 6.05. The number of carbonyl (C=O) groups excluding carboxylic acids is 2. The van der Waals surface area contributed by atoms with Crippen LogP contribution in [0.3, 0.4) is 0 Å². The normalized spacial score (nSPS) is 10.9. The van der Waals surface area contributed by atoms with E-state index in [4.69, 9.17) is 4.74 Å². The van der Waals surface area contributed by atoms with Crippen molar-refractivity contribution in [1.29, 1.82) is 0 Å². The third-order valence-electron chi connectivity index (χ3n) is 6.05. The highest BCUT2D eigenvalue weighted by Gasteiger charge is 2.25. The number of aryl methyl sites for hydroxylation is 1. The fourth-order valence-electron chi connectivity index (χ4n) is 4.26. The van der Waals surface area contributed by atoms with Crippen LogP contribution >= 0.6 is 0 Å². The molecule has 1 amide bonds. The fraction of sp³-hybridized carbons (Fsp3) is 0.303. The van der Waals surface area contributed by atoms with Gasteiger partial charge in [-0.2, -0.15) is 0 Å². The van der Waals surface area contributed by atoms with Crippen molar-refractivity contribution >= 4 is 28.5 Å². The summed E-state index contributed by atoms with van der Waals surface area (Å²) in [4.78, 5) is 32.0. The number of carbonyl (C=O) groups is 2. The Kier molecular flexibility index (Phi) is 9.40. The summed E-state index contributed by atoms with van der Waals surface area (Å²) < 4.78 is 4.86. The van der Waals surface area contributed by atoms with E-state index in [2.05, 4.69) is 81.2 Å². The summed E-state index contributed by atoms with van der Waals surface area (Å²) in [5.74, 6) is 0.188. The molecule has 198 valence electrons. The van der Waals surface area contributed by atoms with Crippen molar-refractivity contribution < 1.29 is 14.3 Å². The van der Waals surface area contributed by atoms with Gasteiger partial charge in [-0.1, -0.05) is 88.7 Å². The summed E-state index contributed by atoms with van der Waals surface area (Å²) >= 11 is 0. The molecule has 0 N–H and O–H groups in total. The molecule has 0 saturated heterocycles. The third kappa shape index (κ3) is 7.06. The molecule has 0 atom stereocenters. The molecule has 3 aromatic carbocycles. The van der Waals surface area contributed by atoms with Crippen LogP contribution in [0.1, 0.15) is 62.5 Å². The first kappa shape index (κ1) is 28.6. The van der Waals surface area contributed by atoms with Crippen LogP contribution < -0.4 is 4.90 Å². The largest absolute Gasteiger partial charge is 0.465 e. The van der Waals surface area contributed by atoms with E-state index in [9.17, 15) is 9.59 Å². The van der Waals surface area contributed by atoms with Crippen molar-refractivity contribution in [2.75, 3.05) is 12.0 Å².